The van der Waals surface area contributed by atoms with Crippen LogP contribution in [0.25, 0.3) is 10.6 Å². The van der Waals surface area contributed by atoms with E-state index in [0.717, 1.165) is 11.1 Å². The van der Waals surface area contributed by atoms with Crippen LogP contribution in [0.3, 0.4) is 0 Å². The van der Waals surface area contributed by atoms with E-state index in [1.807, 2.05) is 24.3 Å². The molecule has 0 atom stereocenters. The van der Waals surface area contributed by atoms with Crippen LogP contribution in [0.1, 0.15) is 22.8 Å². The number of hydrogen-bond donors (Lipinski definition) is 1. The molecule has 9 heteroatoms. The van der Waals surface area contributed by atoms with Crippen molar-refractivity contribution in [3.63, 3.8) is 0 Å². The van der Waals surface area contributed by atoms with Crippen LogP contribution in [-0.2, 0) is 11.3 Å². The van der Waals surface area contributed by atoms with Gasteiger partial charge in [0.1, 0.15) is 10.8 Å². The fourth-order valence-corrected chi connectivity index (χ4v) is 4.37. The normalized spacial score (nSPS) is 14.3. The number of carboxylic acid groups (broad SMARTS) is 1. The van der Waals surface area contributed by atoms with Crippen molar-refractivity contribution in [3.8, 4) is 10.6 Å². The summed E-state index contributed by atoms with van der Waals surface area (Å²) in [6.07, 6.45) is 0. The number of carbonyl (C=O) groups excluding carboxylic acids is 1. The molecule has 0 unspecified atom stereocenters. The van der Waals surface area contributed by atoms with Gasteiger partial charge in [0.2, 0.25) is 5.13 Å². The second kappa shape index (κ2) is 8.91. The number of carbonyl (C=O) groups is 2. The summed E-state index contributed by atoms with van der Waals surface area (Å²) >= 11 is 1.27. The minimum Gasteiger partial charge on any atom is -0.481 e. The van der Waals surface area contributed by atoms with Crippen molar-refractivity contribution < 1.29 is 19.1 Å². The fourth-order valence-electron chi connectivity index (χ4n) is 3.45. The van der Waals surface area contributed by atoms with Gasteiger partial charge >= 0.3 is 5.97 Å². The molecule has 1 N–H and O–H groups in total. The predicted molar refractivity (Wildman–Crippen MR) is 115 cm³/mol. The van der Waals surface area contributed by atoms with Crippen LogP contribution < -0.4 is 4.90 Å². The summed E-state index contributed by atoms with van der Waals surface area (Å²) < 4.78 is 14.0. The number of halogens is 1. The lowest BCUT2D eigenvalue weighted by Gasteiger charge is -2.36. The molecule has 2 heterocycles. The van der Waals surface area contributed by atoms with Crippen molar-refractivity contribution in [2.75, 3.05) is 24.5 Å². The second-order valence-corrected chi connectivity index (χ2v) is 8.30. The molecule has 2 aromatic carbocycles. The van der Waals surface area contributed by atoms with Crippen LogP contribution in [0.4, 0.5) is 9.52 Å². The summed E-state index contributed by atoms with van der Waals surface area (Å²) in [5, 5.41) is 18.4. The van der Waals surface area contributed by atoms with Crippen LogP contribution in [0.2, 0.25) is 0 Å². The van der Waals surface area contributed by atoms with E-state index in [2.05, 4.69) is 15.1 Å². The number of amides is 1. The monoisotopic (exact) mass is 440 g/mol. The van der Waals surface area contributed by atoms with Gasteiger partial charge < -0.3 is 5.11 Å². The Morgan fingerprint density at radius 1 is 1.16 bits per heavy atom. The van der Waals surface area contributed by atoms with Crippen molar-refractivity contribution in [2.24, 2.45) is 5.92 Å². The highest BCUT2D eigenvalue weighted by molar-refractivity contribution is 7.18. The van der Waals surface area contributed by atoms with Crippen LogP contribution >= 0.6 is 11.3 Å². The molecule has 1 aromatic heterocycles. The van der Waals surface area contributed by atoms with Crippen LogP contribution in [-0.4, -0.2) is 51.7 Å². The fraction of sp³-hybridized carbons (Fsp3) is 0.273. The number of nitrogens with zero attached hydrogens (tertiary/aromatic N) is 4. The molecule has 0 radical (unpaired) electrons. The largest absolute Gasteiger partial charge is 0.481 e. The standard InChI is InChI=1S/C22H21FN4O3S/c1-2-27(20(28)17-5-3-4-6-18(17)23)22-25-24-19(31-22)15-9-7-14(8-10-15)11-26-12-16(13-26)21(29)30/h3-10,16H,2,11-13H2,1H3,(H,29,30). The summed E-state index contributed by atoms with van der Waals surface area (Å²) in [5.41, 5.74) is 1.96. The zero-order chi connectivity index (χ0) is 22.0. The smallest absolute Gasteiger partial charge is 0.309 e. The van der Waals surface area contributed by atoms with E-state index in [4.69, 9.17) is 5.11 Å². The Morgan fingerprint density at radius 2 is 1.87 bits per heavy atom. The van der Waals surface area contributed by atoms with E-state index in [9.17, 15) is 14.0 Å². The molecule has 0 bridgehead atoms. The van der Waals surface area contributed by atoms with Gasteiger partial charge in [-0.25, -0.2) is 4.39 Å². The third kappa shape index (κ3) is 4.47. The molecule has 1 saturated heterocycles. The van der Waals surface area contributed by atoms with E-state index < -0.39 is 17.7 Å². The van der Waals surface area contributed by atoms with Gasteiger partial charge in [0, 0.05) is 31.7 Å². The van der Waals surface area contributed by atoms with Crippen molar-refractivity contribution in [2.45, 2.75) is 13.5 Å². The van der Waals surface area contributed by atoms with E-state index in [1.165, 1.54) is 28.4 Å². The van der Waals surface area contributed by atoms with Crippen LogP contribution in [0.5, 0.6) is 0 Å². The van der Waals surface area contributed by atoms with E-state index in [-0.39, 0.29) is 11.5 Å². The van der Waals surface area contributed by atoms with Gasteiger partial charge in [0.15, 0.2) is 0 Å². The third-order valence-corrected chi connectivity index (χ3v) is 6.22. The lowest BCUT2D eigenvalue weighted by atomic mass is 9.99. The summed E-state index contributed by atoms with van der Waals surface area (Å²) in [7, 11) is 0. The van der Waals surface area contributed by atoms with Crippen LogP contribution in [0.15, 0.2) is 48.5 Å². The Balaban J connectivity index is 1.45. The number of carboxylic acids is 1. The van der Waals surface area contributed by atoms with Crippen molar-refractivity contribution in [3.05, 3.63) is 65.5 Å². The molecular formula is C22H21FN4O3S. The SMILES string of the molecule is CCN(C(=O)c1ccccc1F)c1nnc(-c2ccc(CN3CC(C(=O)O)C3)cc2)s1. The van der Waals surface area contributed by atoms with Crippen molar-refractivity contribution in [1.82, 2.24) is 15.1 Å². The minimum atomic E-state index is -0.742. The first kappa shape index (κ1) is 21.1. The molecule has 1 aliphatic rings. The summed E-state index contributed by atoms with van der Waals surface area (Å²) in [4.78, 5) is 27.2. The van der Waals surface area contributed by atoms with Gasteiger partial charge in [-0.2, -0.15) is 0 Å². The number of benzene rings is 2. The number of likely N-dealkylation sites (tertiary alicyclic amines) is 1. The first-order valence-corrected chi connectivity index (χ1v) is 10.7. The predicted octanol–water partition coefficient (Wildman–Crippen LogP) is 3.53. The highest BCUT2D eigenvalue weighted by Crippen LogP contribution is 2.30. The maximum absolute atomic E-state index is 14.0. The van der Waals surface area contributed by atoms with Crippen LogP contribution in [0, 0.1) is 11.7 Å². The van der Waals surface area contributed by atoms with Gasteiger partial charge in [-0.05, 0) is 24.6 Å². The van der Waals surface area contributed by atoms with Crippen molar-refractivity contribution >= 4 is 28.3 Å². The second-order valence-electron chi connectivity index (χ2n) is 7.35. The van der Waals surface area contributed by atoms with E-state index >= 15 is 0 Å². The molecule has 31 heavy (non-hydrogen) atoms. The molecule has 1 fully saturated rings. The Hall–Kier alpha value is -3.17. The summed E-state index contributed by atoms with van der Waals surface area (Å²) in [6.45, 7) is 3.98. The van der Waals surface area contributed by atoms with Gasteiger partial charge in [-0.15, -0.1) is 10.2 Å². The molecule has 1 aliphatic heterocycles. The minimum absolute atomic E-state index is 0.00147. The molecule has 160 valence electrons. The average molecular weight is 441 g/mol. The van der Waals surface area contributed by atoms with Crippen molar-refractivity contribution in [1.29, 1.82) is 0 Å². The Bertz CT molecular complexity index is 1100. The highest BCUT2D eigenvalue weighted by atomic mass is 32.1. The van der Waals surface area contributed by atoms with E-state index in [1.54, 1.807) is 19.1 Å². The lowest BCUT2D eigenvalue weighted by molar-refractivity contribution is -0.147. The molecule has 7 nitrogen and oxygen atoms in total. The molecule has 3 aromatic rings. The van der Waals surface area contributed by atoms with E-state index in [0.29, 0.717) is 36.3 Å². The maximum atomic E-state index is 14.0. The first-order valence-electron chi connectivity index (χ1n) is 9.90. The van der Waals surface area contributed by atoms with Gasteiger partial charge in [0.25, 0.3) is 5.91 Å². The number of hydrogen-bond acceptors (Lipinski definition) is 6. The topological polar surface area (TPSA) is 86.6 Å². The number of rotatable bonds is 7. The third-order valence-electron chi connectivity index (χ3n) is 5.22. The lowest BCUT2D eigenvalue weighted by Crippen LogP contribution is -2.49. The molecule has 0 spiro atoms. The number of anilines is 1. The molecule has 4 rings (SSSR count). The molecule has 1 amide bonds. The van der Waals surface area contributed by atoms with Gasteiger partial charge in [0.05, 0.1) is 11.5 Å². The Morgan fingerprint density at radius 3 is 2.52 bits per heavy atom. The maximum Gasteiger partial charge on any atom is 0.309 e. The zero-order valence-electron chi connectivity index (χ0n) is 16.9. The molecule has 0 aliphatic carbocycles. The number of aliphatic carboxylic acids is 1. The van der Waals surface area contributed by atoms with Gasteiger partial charge in [-0.1, -0.05) is 47.7 Å². The first-order chi connectivity index (χ1) is 15.0. The summed E-state index contributed by atoms with van der Waals surface area (Å²) in [5.74, 6) is -2.03. The highest BCUT2D eigenvalue weighted by Gasteiger charge is 2.32. The Labute approximate surface area is 182 Å². The Kier molecular flexibility index (Phi) is 6.06. The zero-order valence-corrected chi connectivity index (χ0v) is 17.7. The summed E-state index contributed by atoms with van der Waals surface area (Å²) in [6, 6.07) is 13.7. The number of aromatic nitrogens is 2. The molecule has 0 saturated carbocycles. The quantitative estimate of drug-likeness (QED) is 0.605. The van der Waals surface area contributed by atoms with Gasteiger partial charge in [-0.3, -0.25) is 19.4 Å². The molecular weight excluding hydrogens is 419 g/mol. The average Bonchev–Trinajstić information content (AvgIpc) is 3.21.